The monoisotopic (exact) mass is 318 g/mol. The molecule has 7 heteroatoms. The first-order valence-corrected chi connectivity index (χ1v) is 7.30. The number of aromatic nitrogens is 2. The minimum atomic E-state index is -0.312. The van der Waals surface area contributed by atoms with E-state index in [0.29, 0.717) is 25.2 Å². The molecule has 0 aliphatic carbocycles. The summed E-state index contributed by atoms with van der Waals surface area (Å²) in [4.78, 5) is 22.8. The van der Waals surface area contributed by atoms with Gasteiger partial charge in [-0.15, -0.1) is 0 Å². The summed E-state index contributed by atoms with van der Waals surface area (Å²) in [7, 11) is 1.73. The zero-order valence-electron chi connectivity index (χ0n) is 13.1. The Kier molecular flexibility index (Phi) is 5.46. The van der Waals surface area contributed by atoms with Crippen LogP contribution in [0.15, 0.2) is 30.3 Å². The van der Waals surface area contributed by atoms with Crippen molar-refractivity contribution in [2.45, 2.75) is 13.3 Å². The van der Waals surface area contributed by atoms with Crippen molar-refractivity contribution >= 4 is 11.8 Å². The second-order valence-corrected chi connectivity index (χ2v) is 5.14. The first-order valence-electron chi connectivity index (χ1n) is 7.30. The van der Waals surface area contributed by atoms with Gasteiger partial charge in [-0.25, -0.2) is 4.39 Å². The molecule has 0 spiro atoms. The number of hydrogen-bond donors (Lipinski definition) is 2. The average molecular weight is 318 g/mol. The Hall–Kier alpha value is -2.70. The third kappa shape index (κ3) is 4.64. The Bertz CT molecular complexity index is 695. The van der Waals surface area contributed by atoms with E-state index < -0.39 is 0 Å². The lowest BCUT2D eigenvalue weighted by molar-refractivity contribution is -0.118. The highest BCUT2D eigenvalue weighted by molar-refractivity contribution is 5.93. The van der Waals surface area contributed by atoms with E-state index in [4.69, 9.17) is 0 Å². The summed E-state index contributed by atoms with van der Waals surface area (Å²) in [6.07, 6.45) is 0.642. The first-order chi connectivity index (χ1) is 11.0. The first kappa shape index (κ1) is 16.7. The highest BCUT2D eigenvalue weighted by Crippen LogP contribution is 2.20. The number of rotatable bonds is 6. The van der Waals surface area contributed by atoms with Crippen LogP contribution < -0.4 is 10.6 Å². The summed E-state index contributed by atoms with van der Waals surface area (Å²) in [6.45, 7) is 2.41. The van der Waals surface area contributed by atoms with Crippen molar-refractivity contribution in [1.29, 1.82) is 0 Å². The van der Waals surface area contributed by atoms with Crippen LogP contribution in [0.3, 0.4) is 0 Å². The molecule has 2 aromatic rings. The maximum atomic E-state index is 13.0. The Morgan fingerprint density at radius 2 is 1.83 bits per heavy atom. The predicted octanol–water partition coefficient (Wildman–Crippen LogP) is 1.48. The largest absolute Gasteiger partial charge is 0.356 e. The zero-order valence-corrected chi connectivity index (χ0v) is 13.1. The number of amides is 2. The summed E-state index contributed by atoms with van der Waals surface area (Å²) in [5.74, 6) is -0.685. The second kappa shape index (κ2) is 7.53. The quantitative estimate of drug-likeness (QED) is 0.792. The predicted molar refractivity (Wildman–Crippen MR) is 84.2 cm³/mol. The summed E-state index contributed by atoms with van der Waals surface area (Å²) in [5.41, 5.74) is 1.81. The molecule has 2 amide bonds. The van der Waals surface area contributed by atoms with Gasteiger partial charge in [0.2, 0.25) is 5.91 Å². The molecule has 0 saturated carbocycles. The highest BCUT2D eigenvalue weighted by Gasteiger charge is 2.13. The lowest BCUT2D eigenvalue weighted by atomic mass is 10.1. The molecule has 0 saturated heterocycles. The molecule has 2 rings (SSSR count). The molecule has 23 heavy (non-hydrogen) atoms. The van der Waals surface area contributed by atoms with E-state index in [2.05, 4.69) is 15.7 Å². The number of nitrogens with zero attached hydrogens (tertiary/aromatic N) is 2. The molecule has 1 heterocycles. The van der Waals surface area contributed by atoms with Gasteiger partial charge in [0.15, 0.2) is 5.69 Å². The van der Waals surface area contributed by atoms with Gasteiger partial charge in [-0.2, -0.15) is 5.10 Å². The summed E-state index contributed by atoms with van der Waals surface area (Å²) in [6, 6.07) is 7.67. The lowest BCUT2D eigenvalue weighted by Gasteiger charge is -2.03. The SMILES string of the molecule is CC(=O)NCCCNC(=O)c1cc(-c2ccc(F)cc2)n(C)n1. The number of carbonyl (C=O) groups excluding carboxylic acids is 2. The number of halogens is 1. The normalized spacial score (nSPS) is 10.4. The number of hydrogen-bond acceptors (Lipinski definition) is 3. The van der Waals surface area contributed by atoms with Crippen LogP contribution in [-0.2, 0) is 11.8 Å². The van der Waals surface area contributed by atoms with E-state index in [1.807, 2.05) is 0 Å². The molecule has 0 bridgehead atoms. The molecule has 2 N–H and O–H groups in total. The van der Waals surface area contributed by atoms with Gasteiger partial charge in [0, 0.05) is 27.1 Å². The second-order valence-electron chi connectivity index (χ2n) is 5.14. The minimum absolute atomic E-state index is 0.0926. The van der Waals surface area contributed by atoms with Crippen LogP contribution in [0.5, 0.6) is 0 Å². The number of nitrogens with one attached hydrogen (secondary N) is 2. The van der Waals surface area contributed by atoms with Crippen molar-refractivity contribution in [3.05, 3.63) is 41.8 Å². The Morgan fingerprint density at radius 3 is 2.48 bits per heavy atom. The number of aryl methyl sites for hydroxylation is 1. The maximum Gasteiger partial charge on any atom is 0.271 e. The van der Waals surface area contributed by atoms with Crippen LogP contribution in [0.4, 0.5) is 4.39 Å². The van der Waals surface area contributed by atoms with E-state index in [9.17, 15) is 14.0 Å². The van der Waals surface area contributed by atoms with Gasteiger partial charge >= 0.3 is 0 Å². The lowest BCUT2D eigenvalue weighted by Crippen LogP contribution is -2.29. The van der Waals surface area contributed by atoms with Gasteiger partial charge in [0.25, 0.3) is 5.91 Å². The topological polar surface area (TPSA) is 76.0 Å². The van der Waals surface area contributed by atoms with Crippen LogP contribution in [0, 0.1) is 5.82 Å². The molecule has 0 aliphatic rings. The fourth-order valence-electron chi connectivity index (χ4n) is 2.11. The third-order valence-corrected chi connectivity index (χ3v) is 3.27. The van der Waals surface area contributed by atoms with E-state index >= 15 is 0 Å². The molecule has 0 unspecified atom stereocenters. The van der Waals surface area contributed by atoms with E-state index in [1.54, 1.807) is 29.9 Å². The number of carbonyl (C=O) groups is 2. The smallest absolute Gasteiger partial charge is 0.271 e. The van der Waals surface area contributed by atoms with E-state index in [1.165, 1.54) is 19.1 Å². The van der Waals surface area contributed by atoms with E-state index in [-0.39, 0.29) is 17.6 Å². The summed E-state index contributed by atoms with van der Waals surface area (Å²) < 4.78 is 14.6. The Labute approximate surface area is 133 Å². The van der Waals surface area contributed by atoms with Crippen molar-refractivity contribution in [2.75, 3.05) is 13.1 Å². The van der Waals surface area contributed by atoms with Crippen molar-refractivity contribution < 1.29 is 14.0 Å². The van der Waals surface area contributed by atoms with Gasteiger partial charge in [0.1, 0.15) is 5.82 Å². The van der Waals surface area contributed by atoms with Gasteiger partial charge in [-0.3, -0.25) is 14.3 Å². The van der Waals surface area contributed by atoms with Crippen LogP contribution in [0.1, 0.15) is 23.8 Å². The maximum absolute atomic E-state index is 13.0. The third-order valence-electron chi connectivity index (χ3n) is 3.27. The Balaban J connectivity index is 1.96. The fourth-order valence-corrected chi connectivity index (χ4v) is 2.11. The molecular weight excluding hydrogens is 299 g/mol. The fraction of sp³-hybridized carbons (Fsp3) is 0.312. The van der Waals surface area contributed by atoms with Gasteiger partial charge < -0.3 is 10.6 Å². The molecule has 0 aliphatic heterocycles. The summed E-state index contributed by atoms with van der Waals surface area (Å²) in [5, 5.41) is 9.58. The molecule has 0 atom stereocenters. The molecule has 0 radical (unpaired) electrons. The van der Waals surface area contributed by atoms with Crippen molar-refractivity contribution in [1.82, 2.24) is 20.4 Å². The van der Waals surface area contributed by atoms with E-state index in [0.717, 1.165) is 11.3 Å². The minimum Gasteiger partial charge on any atom is -0.356 e. The van der Waals surface area contributed by atoms with Gasteiger partial charge in [-0.1, -0.05) is 0 Å². The van der Waals surface area contributed by atoms with Crippen molar-refractivity contribution in [3.63, 3.8) is 0 Å². The van der Waals surface area contributed by atoms with Crippen LogP contribution >= 0.6 is 0 Å². The molecule has 6 nitrogen and oxygen atoms in total. The van der Waals surface area contributed by atoms with Crippen molar-refractivity contribution in [3.8, 4) is 11.3 Å². The molecule has 1 aromatic heterocycles. The van der Waals surface area contributed by atoms with Crippen LogP contribution in [0.25, 0.3) is 11.3 Å². The van der Waals surface area contributed by atoms with Crippen LogP contribution in [-0.4, -0.2) is 34.7 Å². The number of benzene rings is 1. The van der Waals surface area contributed by atoms with Gasteiger partial charge in [-0.05, 0) is 42.3 Å². The standard InChI is InChI=1S/C16H19FN4O2/c1-11(22)18-8-3-9-19-16(23)14-10-15(21(2)20-14)12-4-6-13(17)7-5-12/h4-7,10H,3,8-9H2,1-2H3,(H,18,22)(H,19,23). The molecule has 122 valence electrons. The highest BCUT2D eigenvalue weighted by atomic mass is 19.1. The zero-order chi connectivity index (χ0) is 16.8. The van der Waals surface area contributed by atoms with Crippen molar-refractivity contribution in [2.24, 2.45) is 7.05 Å². The molecular formula is C16H19FN4O2. The average Bonchev–Trinajstić information content (AvgIpc) is 2.89. The molecule has 1 aromatic carbocycles. The van der Waals surface area contributed by atoms with Crippen LogP contribution in [0.2, 0.25) is 0 Å². The summed E-state index contributed by atoms with van der Waals surface area (Å²) >= 11 is 0. The molecule has 0 fully saturated rings. The van der Waals surface area contributed by atoms with Gasteiger partial charge in [0.05, 0.1) is 5.69 Å². The Morgan fingerprint density at radius 1 is 1.17 bits per heavy atom.